The van der Waals surface area contributed by atoms with Gasteiger partial charge in [0.25, 0.3) is 11.8 Å². The molecule has 1 atom stereocenters. The number of nitrogens with one attached hydrogen (secondary N) is 2. The Morgan fingerprint density at radius 3 is 2.41 bits per heavy atom. The van der Waals surface area contributed by atoms with Crippen molar-refractivity contribution in [3.8, 4) is 11.5 Å². The van der Waals surface area contributed by atoms with Gasteiger partial charge in [0.1, 0.15) is 0 Å². The van der Waals surface area contributed by atoms with E-state index in [9.17, 15) is 9.59 Å². The standard InChI is InChI=1S/C24H39N3O5/c1-6-18(7-2)20(27-10-12-31-13-11-27)15-25-24(29)19-8-9-21(22(14-19)30-5)32-16-23(28)26-17(3)4/h8-9,14,17-18,20H,6-7,10-13,15-16H2,1-5H3,(H,25,29)(H,26,28). The number of methoxy groups -OCH3 is 1. The van der Waals surface area contributed by atoms with E-state index in [1.165, 1.54) is 7.11 Å². The lowest BCUT2D eigenvalue weighted by molar-refractivity contribution is -0.123. The summed E-state index contributed by atoms with van der Waals surface area (Å²) < 4.78 is 16.5. The molecular weight excluding hydrogens is 410 g/mol. The van der Waals surface area contributed by atoms with Gasteiger partial charge in [0.15, 0.2) is 18.1 Å². The number of carbonyl (C=O) groups is 2. The average Bonchev–Trinajstić information content (AvgIpc) is 2.80. The molecule has 1 heterocycles. The summed E-state index contributed by atoms with van der Waals surface area (Å²) in [6.07, 6.45) is 2.14. The molecule has 0 radical (unpaired) electrons. The van der Waals surface area contributed by atoms with E-state index in [1.807, 2.05) is 13.8 Å². The zero-order valence-electron chi connectivity index (χ0n) is 20.1. The summed E-state index contributed by atoms with van der Waals surface area (Å²) in [5, 5.41) is 5.88. The Morgan fingerprint density at radius 2 is 1.81 bits per heavy atom. The first-order valence-electron chi connectivity index (χ1n) is 11.6. The highest BCUT2D eigenvalue weighted by Crippen LogP contribution is 2.28. The van der Waals surface area contributed by atoms with E-state index in [1.54, 1.807) is 18.2 Å². The highest BCUT2D eigenvalue weighted by atomic mass is 16.5. The molecule has 1 aliphatic rings. The third-order valence-corrected chi connectivity index (χ3v) is 5.81. The highest BCUT2D eigenvalue weighted by Gasteiger charge is 2.27. The number of hydrogen-bond donors (Lipinski definition) is 2. The van der Waals surface area contributed by atoms with Crippen LogP contribution < -0.4 is 20.1 Å². The van der Waals surface area contributed by atoms with E-state index in [-0.39, 0.29) is 30.5 Å². The molecule has 1 unspecified atom stereocenters. The summed E-state index contributed by atoms with van der Waals surface area (Å²) in [7, 11) is 1.51. The van der Waals surface area contributed by atoms with Gasteiger partial charge in [0.05, 0.1) is 20.3 Å². The van der Waals surface area contributed by atoms with Crippen LogP contribution in [0.2, 0.25) is 0 Å². The van der Waals surface area contributed by atoms with Gasteiger partial charge < -0.3 is 24.8 Å². The minimum atomic E-state index is -0.209. The van der Waals surface area contributed by atoms with Gasteiger partial charge in [0, 0.05) is 37.3 Å². The van der Waals surface area contributed by atoms with E-state index in [0.29, 0.717) is 29.5 Å². The largest absolute Gasteiger partial charge is 0.493 e. The van der Waals surface area contributed by atoms with Crippen molar-refractivity contribution in [2.75, 3.05) is 46.6 Å². The Kier molecular flexibility index (Phi) is 10.8. The van der Waals surface area contributed by atoms with Crippen molar-refractivity contribution in [1.82, 2.24) is 15.5 Å². The van der Waals surface area contributed by atoms with Gasteiger partial charge in [-0.05, 0) is 38.0 Å². The second-order valence-electron chi connectivity index (χ2n) is 8.38. The molecule has 2 amide bonds. The predicted molar refractivity (Wildman–Crippen MR) is 124 cm³/mol. The molecule has 32 heavy (non-hydrogen) atoms. The first kappa shape index (κ1) is 25.9. The van der Waals surface area contributed by atoms with E-state index >= 15 is 0 Å². The van der Waals surface area contributed by atoms with Crippen LogP contribution in [0.4, 0.5) is 0 Å². The van der Waals surface area contributed by atoms with Crippen molar-refractivity contribution in [3.05, 3.63) is 23.8 Å². The molecule has 0 aliphatic carbocycles. The molecule has 180 valence electrons. The molecule has 0 bridgehead atoms. The Hall–Kier alpha value is -2.32. The quantitative estimate of drug-likeness (QED) is 0.510. The van der Waals surface area contributed by atoms with Gasteiger partial charge in [-0.15, -0.1) is 0 Å². The SMILES string of the molecule is CCC(CC)C(CNC(=O)c1ccc(OCC(=O)NC(C)C)c(OC)c1)N1CCOCC1. The number of benzene rings is 1. The molecule has 1 aromatic carbocycles. The van der Waals surface area contributed by atoms with Crippen molar-refractivity contribution in [2.45, 2.75) is 52.6 Å². The van der Waals surface area contributed by atoms with Crippen molar-refractivity contribution in [1.29, 1.82) is 0 Å². The Balaban J connectivity index is 2.02. The molecule has 0 spiro atoms. The van der Waals surface area contributed by atoms with Gasteiger partial charge in [0.2, 0.25) is 0 Å². The minimum Gasteiger partial charge on any atom is -0.493 e. The summed E-state index contributed by atoms with van der Waals surface area (Å²) in [4.78, 5) is 27.1. The zero-order valence-corrected chi connectivity index (χ0v) is 20.1. The average molecular weight is 450 g/mol. The number of rotatable bonds is 12. The van der Waals surface area contributed by atoms with Gasteiger partial charge in [-0.3, -0.25) is 14.5 Å². The van der Waals surface area contributed by atoms with E-state index in [0.717, 1.165) is 39.1 Å². The molecule has 2 N–H and O–H groups in total. The van der Waals surface area contributed by atoms with Crippen LogP contribution >= 0.6 is 0 Å². The maximum atomic E-state index is 12.9. The third-order valence-electron chi connectivity index (χ3n) is 5.81. The number of ether oxygens (including phenoxy) is 3. The Morgan fingerprint density at radius 1 is 1.12 bits per heavy atom. The van der Waals surface area contributed by atoms with Crippen molar-refractivity contribution in [2.24, 2.45) is 5.92 Å². The lowest BCUT2D eigenvalue weighted by Crippen LogP contribution is -2.52. The normalized spacial score (nSPS) is 15.5. The molecule has 2 rings (SSSR count). The number of nitrogens with zero attached hydrogens (tertiary/aromatic N) is 1. The summed E-state index contributed by atoms with van der Waals surface area (Å²) in [6, 6.07) is 5.32. The summed E-state index contributed by atoms with van der Waals surface area (Å²) in [5.74, 6) is 0.984. The lowest BCUT2D eigenvalue weighted by atomic mass is 9.92. The maximum absolute atomic E-state index is 12.9. The van der Waals surface area contributed by atoms with Crippen LogP contribution in [0, 0.1) is 5.92 Å². The van der Waals surface area contributed by atoms with E-state index in [4.69, 9.17) is 14.2 Å². The maximum Gasteiger partial charge on any atom is 0.258 e. The van der Waals surface area contributed by atoms with Crippen LogP contribution in [0.15, 0.2) is 18.2 Å². The van der Waals surface area contributed by atoms with Crippen molar-refractivity contribution in [3.63, 3.8) is 0 Å². The lowest BCUT2D eigenvalue weighted by Gasteiger charge is -2.38. The van der Waals surface area contributed by atoms with Crippen LogP contribution in [0.1, 0.15) is 50.9 Å². The molecule has 1 saturated heterocycles. The fourth-order valence-corrected chi connectivity index (χ4v) is 4.07. The second-order valence-corrected chi connectivity index (χ2v) is 8.38. The first-order valence-corrected chi connectivity index (χ1v) is 11.6. The fourth-order valence-electron chi connectivity index (χ4n) is 4.07. The fraction of sp³-hybridized carbons (Fsp3) is 0.667. The Labute approximate surface area is 192 Å². The van der Waals surface area contributed by atoms with Crippen LogP contribution in [0.25, 0.3) is 0 Å². The molecule has 8 nitrogen and oxygen atoms in total. The molecule has 1 fully saturated rings. The summed E-state index contributed by atoms with van der Waals surface area (Å²) >= 11 is 0. The molecule has 0 aromatic heterocycles. The van der Waals surface area contributed by atoms with E-state index in [2.05, 4.69) is 29.4 Å². The third kappa shape index (κ3) is 7.67. The van der Waals surface area contributed by atoms with Gasteiger partial charge >= 0.3 is 0 Å². The number of hydrogen-bond acceptors (Lipinski definition) is 6. The second kappa shape index (κ2) is 13.3. The van der Waals surface area contributed by atoms with Crippen molar-refractivity contribution >= 4 is 11.8 Å². The minimum absolute atomic E-state index is 0.0420. The number of amides is 2. The number of carbonyl (C=O) groups excluding carboxylic acids is 2. The van der Waals surface area contributed by atoms with Crippen molar-refractivity contribution < 1.29 is 23.8 Å². The van der Waals surface area contributed by atoms with Crippen LogP contribution in [-0.2, 0) is 9.53 Å². The summed E-state index contributed by atoms with van der Waals surface area (Å²) in [6.45, 7) is 11.9. The zero-order chi connectivity index (χ0) is 23.5. The van der Waals surface area contributed by atoms with Crippen LogP contribution in [0.5, 0.6) is 11.5 Å². The molecule has 1 aliphatic heterocycles. The topological polar surface area (TPSA) is 89.1 Å². The van der Waals surface area contributed by atoms with Gasteiger partial charge in [-0.1, -0.05) is 26.7 Å². The molecule has 0 saturated carbocycles. The molecule has 8 heteroatoms. The smallest absolute Gasteiger partial charge is 0.258 e. The summed E-state index contributed by atoms with van der Waals surface area (Å²) in [5.41, 5.74) is 0.492. The monoisotopic (exact) mass is 449 g/mol. The first-order chi connectivity index (χ1) is 15.4. The van der Waals surface area contributed by atoms with Gasteiger partial charge in [-0.2, -0.15) is 0 Å². The van der Waals surface area contributed by atoms with E-state index < -0.39 is 0 Å². The van der Waals surface area contributed by atoms with Crippen LogP contribution in [-0.4, -0.2) is 75.4 Å². The van der Waals surface area contributed by atoms with Crippen LogP contribution in [0.3, 0.4) is 0 Å². The molecule has 1 aromatic rings. The Bertz CT molecular complexity index is 730. The number of morpholine rings is 1. The van der Waals surface area contributed by atoms with Gasteiger partial charge in [-0.25, -0.2) is 0 Å². The molecular formula is C24H39N3O5. The predicted octanol–water partition coefficient (Wildman–Crippen LogP) is 2.47. The highest BCUT2D eigenvalue weighted by molar-refractivity contribution is 5.95.